The summed E-state index contributed by atoms with van der Waals surface area (Å²) in [6, 6.07) is 4.63. The lowest BCUT2D eigenvalue weighted by Gasteiger charge is -2.35. The first-order valence-corrected chi connectivity index (χ1v) is 7.67. The van der Waals surface area contributed by atoms with E-state index in [4.69, 9.17) is 17.3 Å². The van der Waals surface area contributed by atoms with Gasteiger partial charge in [0.25, 0.3) is 0 Å². The minimum Gasteiger partial charge on any atom is -0.368 e. The number of halogens is 2. The SMILES string of the molecule is NC(=O)C1(c2cnccn2)CCCN1Cc1ccc(Cl)c(F)c1. The topological polar surface area (TPSA) is 72.1 Å². The third-order valence-electron chi connectivity index (χ3n) is 4.26. The van der Waals surface area contributed by atoms with E-state index < -0.39 is 17.3 Å². The molecule has 1 saturated heterocycles. The maximum atomic E-state index is 13.7. The molecule has 23 heavy (non-hydrogen) atoms. The Bertz CT molecular complexity index is 727. The fraction of sp³-hybridized carbons (Fsp3) is 0.312. The normalized spacial score (nSPS) is 21.5. The minimum absolute atomic E-state index is 0.0743. The number of nitrogens with zero attached hydrogens (tertiary/aromatic N) is 3. The third kappa shape index (κ3) is 2.80. The highest BCUT2D eigenvalue weighted by molar-refractivity contribution is 6.30. The predicted molar refractivity (Wildman–Crippen MR) is 84.0 cm³/mol. The van der Waals surface area contributed by atoms with Crippen LogP contribution in [0.2, 0.25) is 5.02 Å². The van der Waals surface area contributed by atoms with Gasteiger partial charge in [-0.3, -0.25) is 19.7 Å². The summed E-state index contributed by atoms with van der Waals surface area (Å²) >= 11 is 5.72. The molecule has 0 radical (unpaired) electrons. The van der Waals surface area contributed by atoms with Gasteiger partial charge in [0.2, 0.25) is 5.91 Å². The van der Waals surface area contributed by atoms with E-state index in [9.17, 15) is 9.18 Å². The van der Waals surface area contributed by atoms with Gasteiger partial charge >= 0.3 is 0 Å². The maximum absolute atomic E-state index is 13.7. The zero-order valence-electron chi connectivity index (χ0n) is 12.4. The van der Waals surface area contributed by atoms with Gasteiger partial charge < -0.3 is 5.73 Å². The molecule has 1 atom stereocenters. The van der Waals surface area contributed by atoms with Crippen molar-refractivity contribution in [1.29, 1.82) is 0 Å². The molecule has 5 nitrogen and oxygen atoms in total. The molecular formula is C16H16ClFN4O. The van der Waals surface area contributed by atoms with E-state index in [0.717, 1.165) is 12.0 Å². The zero-order chi connectivity index (χ0) is 16.4. The molecule has 1 amide bonds. The molecule has 1 aromatic carbocycles. The van der Waals surface area contributed by atoms with Crippen LogP contribution < -0.4 is 5.73 Å². The van der Waals surface area contributed by atoms with Gasteiger partial charge in [0.1, 0.15) is 11.4 Å². The molecule has 0 aliphatic carbocycles. The summed E-state index contributed by atoms with van der Waals surface area (Å²) in [7, 11) is 0. The minimum atomic E-state index is -1.01. The van der Waals surface area contributed by atoms with Gasteiger partial charge in [0.15, 0.2) is 0 Å². The Balaban J connectivity index is 1.96. The number of primary amides is 1. The summed E-state index contributed by atoms with van der Waals surface area (Å²) in [6.07, 6.45) is 6.02. The van der Waals surface area contributed by atoms with Crippen LogP contribution in [0.5, 0.6) is 0 Å². The first kappa shape index (κ1) is 15.8. The first-order chi connectivity index (χ1) is 11.0. The summed E-state index contributed by atoms with van der Waals surface area (Å²) in [6.45, 7) is 1.05. The second-order valence-electron chi connectivity index (χ2n) is 5.59. The Morgan fingerprint density at radius 1 is 1.43 bits per heavy atom. The Kier molecular flexibility index (Phi) is 4.28. The highest BCUT2D eigenvalue weighted by Gasteiger charge is 2.48. The van der Waals surface area contributed by atoms with Crippen LogP contribution in [-0.4, -0.2) is 27.3 Å². The van der Waals surface area contributed by atoms with Crippen LogP contribution in [0.3, 0.4) is 0 Å². The van der Waals surface area contributed by atoms with Gasteiger partial charge in [-0.05, 0) is 37.1 Å². The number of rotatable bonds is 4. The van der Waals surface area contributed by atoms with Crippen molar-refractivity contribution in [2.45, 2.75) is 24.9 Å². The summed E-state index contributed by atoms with van der Waals surface area (Å²) in [4.78, 5) is 22.5. The zero-order valence-corrected chi connectivity index (χ0v) is 13.1. The monoisotopic (exact) mass is 334 g/mol. The third-order valence-corrected chi connectivity index (χ3v) is 4.56. The van der Waals surface area contributed by atoms with Crippen molar-refractivity contribution in [3.63, 3.8) is 0 Å². The molecule has 1 fully saturated rings. The second kappa shape index (κ2) is 6.22. The average Bonchev–Trinajstić information content (AvgIpc) is 2.96. The number of likely N-dealkylation sites (tertiary alicyclic amines) is 1. The lowest BCUT2D eigenvalue weighted by atomic mass is 9.91. The van der Waals surface area contributed by atoms with E-state index in [1.165, 1.54) is 12.1 Å². The summed E-state index contributed by atoms with van der Waals surface area (Å²) in [5, 5.41) is 0.0743. The molecule has 2 heterocycles. The number of nitrogens with two attached hydrogens (primary N) is 1. The molecule has 0 spiro atoms. The van der Waals surface area contributed by atoms with Gasteiger partial charge in [-0.15, -0.1) is 0 Å². The van der Waals surface area contributed by atoms with E-state index in [1.807, 2.05) is 4.90 Å². The van der Waals surface area contributed by atoms with Gasteiger partial charge in [-0.25, -0.2) is 4.39 Å². The Labute approximate surface area is 138 Å². The highest BCUT2D eigenvalue weighted by atomic mass is 35.5. The predicted octanol–water partition coefficient (Wildman–Crippen LogP) is 2.25. The highest BCUT2D eigenvalue weighted by Crippen LogP contribution is 2.38. The summed E-state index contributed by atoms with van der Waals surface area (Å²) < 4.78 is 13.7. The number of benzene rings is 1. The van der Waals surface area contributed by atoms with Crippen LogP contribution in [0.15, 0.2) is 36.8 Å². The van der Waals surface area contributed by atoms with Crippen molar-refractivity contribution >= 4 is 17.5 Å². The van der Waals surface area contributed by atoms with Crippen LogP contribution in [0.25, 0.3) is 0 Å². The maximum Gasteiger partial charge on any atom is 0.244 e. The number of carbonyl (C=O) groups excluding carboxylic acids is 1. The second-order valence-corrected chi connectivity index (χ2v) is 6.00. The van der Waals surface area contributed by atoms with Crippen molar-refractivity contribution < 1.29 is 9.18 Å². The Morgan fingerprint density at radius 3 is 2.91 bits per heavy atom. The number of carbonyl (C=O) groups is 1. The fourth-order valence-corrected chi connectivity index (χ4v) is 3.27. The lowest BCUT2D eigenvalue weighted by Crippen LogP contribution is -2.51. The van der Waals surface area contributed by atoms with E-state index >= 15 is 0 Å². The molecule has 0 saturated carbocycles. The molecule has 2 aromatic rings. The molecule has 0 bridgehead atoms. The van der Waals surface area contributed by atoms with E-state index in [0.29, 0.717) is 25.2 Å². The summed E-state index contributed by atoms with van der Waals surface area (Å²) in [5.74, 6) is -0.947. The first-order valence-electron chi connectivity index (χ1n) is 7.29. The standard InChI is InChI=1S/C16H16ClFN4O/c17-12-3-2-11(8-13(12)18)10-22-7-1-4-16(22,15(19)23)14-9-20-5-6-21-14/h2-3,5-6,8-9H,1,4,7,10H2,(H2,19,23). The molecular weight excluding hydrogens is 319 g/mol. The molecule has 1 aliphatic rings. The van der Waals surface area contributed by atoms with Crippen molar-refractivity contribution in [3.05, 3.63) is 58.9 Å². The molecule has 120 valence electrons. The van der Waals surface area contributed by atoms with Gasteiger partial charge in [0.05, 0.1) is 16.9 Å². The van der Waals surface area contributed by atoms with Gasteiger partial charge in [0, 0.05) is 18.9 Å². The number of hydrogen-bond donors (Lipinski definition) is 1. The molecule has 1 unspecified atom stereocenters. The van der Waals surface area contributed by atoms with Crippen LogP contribution in [0, 0.1) is 5.82 Å². The number of aromatic nitrogens is 2. The number of hydrogen-bond acceptors (Lipinski definition) is 4. The average molecular weight is 335 g/mol. The van der Waals surface area contributed by atoms with Crippen LogP contribution >= 0.6 is 11.6 Å². The summed E-state index contributed by atoms with van der Waals surface area (Å²) in [5.41, 5.74) is 5.96. The fourth-order valence-electron chi connectivity index (χ4n) is 3.16. The number of amides is 1. The van der Waals surface area contributed by atoms with Crippen molar-refractivity contribution in [1.82, 2.24) is 14.9 Å². The van der Waals surface area contributed by atoms with Crippen LogP contribution in [0.4, 0.5) is 4.39 Å². The largest absolute Gasteiger partial charge is 0.368 e. The van der Waals surface area contributed by atoms with Crippen molar-refractivity contribution in [2.75, 3.05) is 6.54 Å². The van der Waals surface area contributed by atoms with Crippen molar-refractivity contribution in [3.8, 4) is 0 Å². The molecule has 3 rings (SSSR count). The van der Waals surface area contributed by atoms with Crippen molar-refractivity contribution in [2.24, 2.45) is 5.73 Å². The van der Waals surface area contributed by atoms with E-state index in [2.05, 4.69) is 9.97 Å². The lowest BCUT2D eigenvalue weighted by molar-refractivity contribution is -0.129. The van der Waals surface area contributed by atoms with Crippen LogP contribution in [0.1, 0.15) is 24.1 Å². The quantitative estimate of drug-likeness (QED) is 0.930. The Morgan fingerprint density at radius 2 is 2.26 bits per heavy atom. The van der Waals surface area contributed by atoms with Gasteiger partial charge in [-0.1, -0.05) is 17.7 Å². The smallest absolute Gasteiger partial charge is 0.244 e. The van der Waals surface area contributed by atoms with E-state index in [-0.39, 0.29) is 5.02 Å². The van der Waals surface area contributed by atoms with E-state index in [1.54, 1.807) is 24.7 Å². The molecule has 1 aliphatic heterocycles. The molecule has 1 aromatic heterocycles. The molecule has 7 heteroatoms. The molecule has 2 N–H and O–H groups in total. The Hall–Kier alpha value is -2.05. The van der Waals surface area contributed by atoms with Crippen LogP contribution in [-0.2, 0) is 16.9 Å². The van der Waals surface area contributed by atoms with Gasteiger partial charge in [-0.2, -0.15) is 0 Å².